The minimum atomic E-state index is 0.518. The lowest BCUT2D eigenvalue weighted by atomic mass is 10.00. The summed E-state index contributed by atoms with van der Waals surface area (Å²) in [5.41, 5.74) is 3.10. The Kier molecular flexibility index (Phi) is 4.56. The van der Waals surface area contributed by atoms with Crippen molar-refractivity contribution in [1.82, 2.24) is 4.98 Å². The topological polar surface area (TPSA) is 22.1 Å². The predicted octanol–water partition coefficient (Wildman–Crippen LogP) is 4.11. The van der Waals surface area contributed by atoms with E-state index in [2.05, 4.69) is 17.3 Å². The average Bonchev–Trinajstić information content (AvgIpc) is 2.90. The summed E-state index contributed by atoms with van der Waals surface area (Å²) in [6.07, 6.45) is 2.14. The van der Waals surface area contributed by atoms with E-state index in [0.29, 0.717) is 5.92 Å². The smallest absolute Gasteiger partial charge is 0.119 e. The third kappa shape index (κ3) is 3.56. The molecular formula is C14H17NOS. The molecule has 1 atom stereocenters. The number of hydrogen-bond donors (Lipinski definition) is 0. The number of nitrogens with zero attached hydrogens (tertiary/aromatic N) is 1. The van der Waals surface area contributed by atoms with Crippen LogP contribution in [-0.4, -0.2) is 11.6 Å². The van der Waals surface area contributed by atoms with Crippen LogP contribution in [0, 0.1) is 0 Å². The van der Waals surface area contributed by atoms with Gasteiger partial charge in [0, 0.05) is 11.3 Å². The van der Waals surface area contributed by atoms with Crippen LogP contribution in [0.3, 0.4) is 0 Å². The Hall–Kier alpha value is -1.35. The fraction of sp³-hybridized carbons (Fsp3) is 0.357. The molecule has 17 heavy (non-hydrogen) atoms. The van der Waals surface area contributed by atoms with Crippen molar-refractivity contribution in [3.05, 3.63) is 46.9 Å². The molecule has 1 aromatic carbocycles. The molecule has 0 aliphatic carbocycles. The quantitative estimate of drug-likeness (QED) is 0.766. The monoisotopic (exact) mass is 247 g/mol. The zero-order valence-corrected chi connectivity index (χ0v) is 10.8. The van der Waals surface area contributed by atoms with Crippen molar-refractivity contribution in [3.63, 3.8) is 0 Å². The van der Waals surface area contributed by atoms with Gasteiger partial charge in [0.1, 0.15) is 5.75 Å². The lowest BCUT2D eigenvalue weighted by molar-refractivity contribution is 0.295. The molecule has 0 spiro atoms. The molecule has 1 heterocycles. The highest BCUT2D eigenvalue weighted by Crippen LogP contribution is 2.23. The molecule has 0 fully saturated rings. The molecule has 1 aromatic heterocycles. The second-order valence-corrected chi connectivity index (χ2v) is 4.69. The molecule has 0 bridgehead atoms. The molecule has 0 N–H and O–H groups in total. The molecule has 0 amide bonds. The van der Waals surface area contributed by atoms with E-state index in [1.54, 1.807) is 11.3 Å². The van der Waals surface area contributed by atoms with Crippen molar-refractivity contribution in [2.45, 2.75) is 25.7 Å². The van der Waals surface area contributed by atoms with Crippen LogP contribution < -0.4 is 4.74 Å². The first-order chi connectivity index (χ1) is 8.40. The van der Waals surface area contributed by atoms with Gasteiger partial charge in [-0.2, -0.15) is 0 Å². The number of hydrogen-bond acceptors (Lipinski definition) is 3. The highest BCUT2D eigenvalue weighted by atomic mass is 32.1. The van der Waals surface area contributed by atoms with Crippen LogP contribution >= 0.6 is 11.3 Å². The number of rotatable bonds is 6. The molecule has 0 radical (unpaired) electrons. The maximum atomic E-state index is 5.71. The van der Waals surface area contributed by atoms with Crippen LogP contribution in [0.2, 0.25) is 0 Å². The summed E-state index contributed by atoms with van der Waals surface area (Å²) in [7, 11) is 0. The van der Waals surface area contributed by atoms with E-state index in [0.717, 1.165) is 25.2 Å². The van der Waals surface area contributed by atoms with E-state index >= 15 is 0 Å². The molecule has 0 saturated heterocycles. The summed E-state index contributed by atoms with van der Waals surface area (Å²) in [6.45, 7) is 2.95. The van der Waals surface area contributed by atoms with Crippen LogP contribution in [0.4, 0.5) is 0 Å². The van der Waals surface area contributed by atoms with Crippen LogP contribution in [0.5, 0.6) is 5.75 Å². The van der Waals surface area contributed by atoms with Gasteiger partial charge < -0.3 is 4.74 Å². The molecule has 2 rings (SSSR count). The molecule has 1 unspecified atom stereocenters. The minimum absolute atomic E-state index is 0.518. The van der Waals surface area contributed by atoms with E-state index in [1.807, 2.05) is 35.8 Å². The Balaban J connectivity index is 1.81. The third-order valence-corrected chi connectivity index (χ3v) is 3.45. The first kappa shape index (κ1) is 12.1. The molecule has 90 valence electrons. The van der Waals surface area contributed by atoms with Crippen molar-refractivity contribution in [1.29, 1.82) is 0 Å². The van der Waals surface area contributed by atoms with Gasteiger partial charge in [0.2, 0.25) is 0 Å². The molecule has 2 nitrogen and oxygen atoms in total. The van der Waals surface area contributed by atoms with Gasteiger partial charge in [-0.3, -0.25) is 0 Å². The summed E-state index contributed by atoms with van der Waals surface area (Å²) in [5.74, 6) is 1.46. The highest BCUT2D eigenvalue weighted by molar-refractivity contribution is 7.07. The van der Waals surface area contributed by atoms with Crippen molar-refractivity contribution < 1.29 is 4.74 Å². The second kappa shape index (κ2) is 6.40. The van der Waals surface area contributed by atoms with E-state index in [1.165, 1.54) is 5.69 Å². The normalized spacial score (nSPS) is 12.3. The second-order valence-electron chi connectivity index (χ2n) is 3.97. The van der Waals surface area contributed by atoms with Crippen LogP contribution in [-0.2, 0) is 0 Å². The Morgan fingerprint density at radius 1 is 1.29 bits per heavy atom. The van der Waals surface area contributed by atoms with Crippen LogP contribution in [0.1, 0.15) is 31.4 Å². The summed E-state index contributed by atoms with van der Waals surface area (Å²) in [4.78, 5) is 4.38. The molecule has 0 aliphatic heterocycles. The highest BCUT2D eigenvalue weighted by Gasteiger charge is 2.11. The van der Waals surface area contributed by atoms with E-state index in [9.17, 15) is 0 Å². The Morgan fingerprint density at radius 3 is 2.76 bits per heavy atom. The third-order valence-electron chi connectivity index (χ3n) is 2.84. The average molecular weight is 247 g/mol. The first-order valence-corrected chi connectivity index (χ1v) is 6.90. The molecule has 0 aliphatic rings. The Labute approximate surface area is 106 Å². The SMILES string of the molecule is CCC(CCOc1ccccc1)c1cscn1. The Bertz CT molecular complexity index is 413. The van der Waals surface area contributed by atoms with Crippen LogP contribution in [0.25, 0.3) is 0 Å². The minimum Gasteiger partial charge on any atom is -0.494 e. The standard InChI is InChI=1S/C14H17NOS/c1-2-12(14-10-17-11-15-14)8-9-16-13-6-4-3-5-7-13/h3-7,10-12H,2,8-9H2,1H3. The number of aromatic nitrogens is 1. The lowest BCUT2D eigenvalue weighted by Crippen LogP contribution is -2.05. The van der Waals surface area contributed by atoms with Crippen molar-refractivity contribution in [2.24, 2.45) is 0 Å². The predicted molar refractivity (Wildman–Crippen MR) is 71.7 cm³/mol. The van der Waals surface area contributed by atoms with Gasteiger partial charge in [-0.15, -0.1) is 11.3 Å². The summed E-state index contributed by atoms with van der Waals surface area (Å²) >= 11 is 1.66. The van der Waals surface area contributed by atoms with E-state index in [-0.39, 0.29) is 0 Å². The van der Waals surface area contributed by atoms with Gasteiger partial charge in [0.25, 0.3) is 0 Å². The van der Waals surface area contributed by atoms with Gasteiger partial charge in [0.15, 0.2) is 0 Å². The summed E-state index contributed by atoms with van der Waals surface area (Å²) in [5, 5.41) is 2.14. The van der Waals surface area contributed by atoms with Gasteiger partial charge in [0.05, 0.1) is 17.8 Å². The number of para-hydroxylation sites is 1. The van der Waals surface area contributed by atoms with Crippen molar-refractivity contribution >= 4 is 11.3 Å². The molecule has 2 aromatic rings. The summed E-state index contributed by atoms with van der Waals surface area (Å²) in [6, 6.07) is 9.96. The zero-order chi connectivity index (χ0) is 11.9. The summed E-state index contributed by atoms with van der Waals surface area (Å²) < 4.78 is 5.71. The largest absolute Gasteiger partial charge is 0.494 e. The Morgan fingerprint density at radius 2 is 2.12 bits per heavy atom. The van der Waals surface area contributed by atoms with Gasteiger partial charge >= 0.3 is 0 Å². The number of benzene rings is 1. The van der Waals surface area contributed by atoms with Crippen molar-refractivity contribution in [3.8, 4) is 5.75 Å². The van der Waals surface area contributed by atoms with Crippen molar-refractivity contribution in [2.75, 3.05) is 6.61 Å². The number of ether oxygens (including phenoxy) is 1. The maximum Gasteiger partial charge on any atom is 0.119 e. The molecule has 0 saturated carbocycles. The maximum absolute atomic E-state index is 5.71. The van der Waals surface area contributed by atoms with E-state index < -0.39 is 0 Å². The fourth-order valence-corrected chi connectivity index (χ4v) is 2.46. The van der Waals surface area contributed by atoms with Gasteiger partial charge in [-0.25, -0.2) is 4.98 Å². The molecular weight excluding hydrogens is 230 g/mol. The van der Waals surface area contributed by atoms with Gasteiger partial charge in [-0.1, -0.05) is 25.1 Å². The zero-order valence-electron chi connectivity index (χ0n) is 10.0. The van der Waals surface area contributed by atoms with Crippen LogP contribution in [0.15, 0.2) is 41.2 Å². The van der Waals surface area contributed by atoms with E-state index in [4.69, 9.17) is 4.74 Å². The fourth-order valence-electron chi connectivity index (χ4n) is 1.82. The lowest BCUT2D eigenvalue weighted by Gasteiger charge is -2.13. The molecule has 3 heteroatoms. The number of thiazole rings is 1. The van der Waals surface area contributed by atoms with Gasteiger partial charge in [-0.05, 0) is 25.0 Å². The first-order valence-electron chi connectivity index (χ1n) is 5.96.